The lowest BCUT2D eigenvalue weighted by atomic mass is 9.83. The Morgan fingerprint density at radius 1 is 1.02 bits per heavy atom. The van der Waals surface area contributed by atoms with Crippen molar-refractivity contribution in [3.05, 3.63) is 0 Å². The second kappa shape index (κ2) is 14.0. The van der Waals surface area contributed by atoms with E-state index in [1.165, 1.54) is 11.8 Å². The third-order valence-corrected chi connectivity index (χ3v) is 8.93. The van der Waals surface area contributed by atoms with E-state index in [-0.39, 0.29) is 18.2 Å². The number of hydrogen-bond donors (Lipinski definition) is 4. The number of amides is 5. The van der Waals surface area contributed by atoms with E-state index >= 15 is 0 Å². The summed E-state index contributed by atoms with van der Waals surface area (Å²) in [6.45, 7) is 8.95. The Hall–Kier alpha value is -2.70. The number of nitrogens with one attached hydrogen (secondary N) is 3. The SMILES string of the molecule is CCCN(C(=O)[C@@H](NC(=O)NC1(CS(C)(=O)=O)CCCCC1)C(C)(C)C)[C@@H](C)C(=O)NC(CC1CC1)C(=O)C(N)=O. The molecule has 0 heterocycles. The first-order valence-electron chi connectivity index (χ1n) is 14.6. The minimum atomic E-state index is -3.38. The molecule has 0 radical (unpaired) electrons. The fourth-order valence-electron chi connectivity index (χ4n) is 5.52. The number of primary amides is 1. The van der Waals surface area contributed by atoms with E-state index in [9.17, 15) is 32.4 Å². The molecule has 2 fully saturated rings. The van der Waals surface area contributed by atoms with Gasteiger partial charge < -0.3 is 26.6 Å². The monoisotopic (exact) mass is 599 g/mol. The van der Waals surface area contributed by atoms with Gasteiger partial charge in [0.15, 0.2) is 0 Å². The molecule has 0 spiro atoms. The standard InChI is InChI=1S/C28H49N5O7S/c1-7-15-33(18(2)24(36)30-20(16-19-11-12-19)21(34)23(29)35)25(37)22(27(3,4)5)31-26(38)32-28(17-41(6,39)40)13-9-8-10-14-28/h18-20,22H,7-17H2,1-6H3,(H2,29,35)(H,30,36)(H2,31,32,38)/t18-,20?,22+/m0/s1. The van der Waals surface area contributed by atoms with Crippen LogP contribution in [0.1, 0.15) is 92.4 Å². The van der Waals surface area contributed by atoms with Crippen molar-refractivity contribution in [2.45, 2.75) is 116 Å². The molecule has 2 saturated carbocycles. The number of hydrogen-bond acceptors (Lipinski definition) is 7. The van der Waals surface area contributed by atoms with Crippen molar-refractivity contribution >= 4 is 39.4 Å². The summed E-state index contributed by atoms with van der Waals surface area (Å²) < 4.78 is 24.4. The van der Waals surface area contributed by atoms with Crippen molar-refractivity contribution in [1.82, 2.24) is 20.9 Å². The molecule has 0 bridgehead atoms. The van der Waals surface area contributed by atoms with Crippen molar-refractivity contribution < 1.29 is 32.4 Å². The first-order valence-corrected chi connectivity index (χ1v) is 16.7. The average molecular weight is 600 g/mol. The van der Waals surface area contributed by atoms with Crippen molar-refractivity contribution in [3.8, 4) is 0 Å². The Morgan fingerprint density at radius 2 is 1.61 bits per heavy atom. The largest absolute Gasteiger partial charge is 0.363 e. The van der Waals surface area contributed by atoms with Crippen LogP contribution in [0, 0.1) is 11.3 Å². The quantitative estimate of drug-likeness (QED) is 0.217. The van der Waals surface area contributed by atoms with Gasteiger partial charge in [0.05, 0.1) is 17.3 Å². The molecule has 0 aromatic carbocycles. The lowest BCUT2D eigenvalue weighted by Crippen LogP contribution is -2.63. The van der Waals surface area contributed by atoms with Crippen LogP contribution in [0.15, 0.2) is 0 Å². The van der Waals surface area contributed by atoms with Crippen LogP contribution in [-0.2, 0) is 29.0 Å². The van der Waals surface area contributed by atoms with E-state index in [1.807, 2.05) is 6.92 Å². The van der Waals surface area contributed by atoms with E-state index in [0.29, 0.717) is 25.7 Å². The Labute approximate surface area is 244 Å². The third kappa shape index (κ3) is 10.6. The maximum Gasteiger partial charge on any atom is 0.315 e. The van der Waals surface area contributed by atoms with Crippen molar-refractivity contribution in [2.24, 2.45) is 17.1 Å². The summed E-state index contributed by atoms with van der Waals surface area (Å²) in [5, 5.41) is 8.28. The number of carbonyl (C=O) groups is 5. The van der Waals surface area contributed by atoms with Gasteiger partial charge >= 0.3 is 6.03 Å². The fourth-order valence-corrected chi connectivity index (χ4v) is 6.88. The first kappa shape index (κ1) is 34.5. The smallest absolute Gasteiger partial charge is 0.315 e. The molecular formula is C28H49N5O7S. The Morgan fingerprint density at radius 3 is 2.07 bits per heavy atom. The van der Waals surface area contributed by atoms with E-state index in [2.05, 4.69) is 16.0 Å². The van der Waals surface area contributed by atoms with Gasteiger partial charge in [-0.15, -0.1) is 0 Å². The topological polar surface area (TPSA) is 185 Å². The Balaban J connectivity index is 2.24. The van der Waals surface area contributed by atoms with Gasteiger partial charge in [0.25, 0.3) is 5.91 Å². The second-order valence-corrected chi connectivity index (χ2v) is 15.1. The summed E-state index contributed by atoms with van der Waals surface area (Å²) in [5.74, 6) is -3.04. The highest BCUT2D eigenvalue weighted by Crippen LogP contribution is 2.34. The predicted octanol–water partition coefficient (Wildman–Crippen LogP) is 1.41. The molecule has 234 valence electrons. The maximum atomic E-state index is 13.9. The third-order valence-electron chi connectivity index (χ3n) is 7.85. The highest BCUT2D eigenvalue weighted by atomic mass is 32.2. The molecule has 0 aliphatic heterocycles. The predicted molar refractivity (Wildman–Crippen MR) is 155 cm³/mol. The lowest BCUT2D eigenvalue weighted by Gasteiger charge is -2.40. The van der Waals surface area contributed by atoms with Crippen molar-refractivity contribution in [1.29, 1.82) is 0 Å². The van der Waals surface area contributed by atoms with Gasteiger partial charge in [0.1, 0.15) is 21.9 Å². The molecule has 2 aliphatic carbocycles. The van der Waals surface area contributed by atoms with Gasteiger partial charge in [-0.2, -0.15) is 0 Å². The fraction of sp³-hybridized carbons (Fsp3) is 0.821. The number of urea groups is 1. The zero-order valence-electron chi connectivity index (χ0n) is 25.4. The van der Waals surface area contributed by atoms with Gasteiger partial charge in [-0.1, -0.05) is 59.8 Å². The molecule has 5 amide bonds. The van der Waals surface area contributed by atoms with E-state index in [1.54, 1.807) is 20.8 Å². The molecule has 3 atom stereocenters. The van der Waals surface area contributed by atoms with Gasteiger partial charge in [-0.3, -0.25) is 19.2 Å². The van der Waals surface area contributed by atoms with Crippen LogP contribution in [0.3, 0.4) is 0 Å². The number of nitrogens with two attached hydrogens (primary N) is 1. The molecule has 5 N–H and O–H groups in total. The van der Waals surface area contributed by atoms with Crippen LogP contribution in [0.25, 0.3) is 0 Å². The van der Waals surface area contributed by atoms with Crippen LogP contribution in [0.4, 0.5) is 4.79 Å². The number of nitrogens with zero attached hydrogens (tertiary/aromatic N) is 1. The first-order chi connectivity index (χ1) is 18.9. The average Bonchev–Trinajstić information content (AvgIpc) is 3.66. The second-order valence-electron chi connectivity index (χ2n) is 13.0. The molecule has 13 heteroatoms. The number of rotatable bonds is 14. The van der Waals surface area contributed by atoms with E-state index < -0.39 is 68.5 Å². The molecule has 41 heavy (non-hydrogen) atoms. The molecule has 1 unspecified atom stereocenters. The van der Waals surface area contributed by atoms with Gasteiger partial charge in [0, 0.05) is 12.8 Å². The summed E-state index contributed by atoms with van der Waals surface area (Å²) in [7, 11) is -3.38. The summed E-state index contributed by atoms with van der Waals surface area (Å²) in [5.41, 5.74) is 3.53. The van der Waals surface area contributed by atoms with Gasteiger partial charge in [0.2, 0.25) is 17.6 Å². The van der Waals surface area contributed by atoms with Crippen LogP contribution < -0.4 is 21.7 Å². The lowest BCUT2D eigenvalue weighted by molar-refractivity contribution is -0.144. The van der Waals surface area contributed by atoms with E-state index in [0.717, 1.165) is 38.4 Å². The number of sulfone groups is 1. The number of ketones is 1. The molecule has 2 rings (SSSR count). The summed E-state index contributed by atoms with van der Waals surface area (Å²) >= 11 is 0. The highest BCUT2D eigenvalue weighted by molar-refractivity contribution is 7.90. The molecule has 0 aromatic heterocycles. The Kier molecular flexibility index (Phi) is 11.8. The zero-order chi connectivity index (χ0) is 31.2. The molecule has 2 aliphatic rings. The van der Waals surface area contributed by atoms with Gasteiger partial charge in [-0.05, 0) is 43.9 Å². The molecular weight excluding hydrogens is 550 g/mol. The summed E-state index contributed by atoms with van der Waals surface area (Å²) in [6, 6.07) is -3.75. The van der Waals surface area contributed by atoms with Crippen molar-refractivity contribution in [3.63, 3.8) is 0 Å². The molecule has 0 saturated heterocycles. The highest BCUT2D eigenvalue weighted by Gasteiger charge is 2.42. The minimum Gasteiger partial charge on any atom is -0.363 e. The Bertz CT molecular complexity index is 1090. The van der Waals surface area contributed by atoms with E-state index in [4.69, 9.17) is 5.73 Å². The van der Waals surface area contributed by atoms with Gasteiger partial charge in [-0.25, -0.2) is 13.2 Å². The zero-order valence-corrected chi connectivity index (χ0v) is 26.2. The summed E-state index contributed by atoms with van der Waals surface area (Å²) in [4.78, 5) is 65.8. The van der Waals surface area contributed by atoms with Crippen LogP contribution in [0.5, 0.6) is 0 Å². The maximum absolute atomic E-state index is 13.9. The minimum absolute atomic E-state index is 0.188. The molecule has 12 nitrogen and oxygen atoms in total. The van der Waals surface area contributed by atoms with Crippen LogP contribution in [-0.4, -0.2) is 85.1 Å². The number of Topliss-reactive ketones (excluding diaryl/α,β-unsaturated/α-hetero) is 1. The van der Waals surface area contributed by atoms with Crippen molar-refractivity contribution in [2.75, 3.05) is 18.6 Å². The normalized spacial score (nSPS) is 19.3. The summed E-state index contributed by atoms with van der Waals surface area (Å²) in [6.07, 6.45) is 7.35. The molecule has 0 aromatic rings. The van der Waals surface area contributed by atoms with Crippen LogP contribution in [0.2, 0.25) is 0 Å². The van der Waals surface area contributed by atoms with Crippen LogP contribution >= 0.6 is 0 Å². The number of carbonyl (C=O) groups excluding carboxylic acids is 5.